The number of ether oxygens (including phenoxy) is 1. The molecule has 0 radical (unpaired) electrons. The van der Waals surface area contributed by atoms with Gasteiger partial charge in [-0.2, -0.15) is 0 Å². The maximum Gasteiger partial charge on any atom is 0.160 e. The van der Waals surface area contributed by atoms with Gasteiger partial charge in [0.25, 0.3) is 0 Å². The Kier molecular flexibility index (Phi) is 4.43. The molecule has 0 saturated carbocycles. The molecule has 1 aromatic carbocycles. The summed E-state index contributed by atoms with van der Waals surface area (Å²) >= 11 is 0. The molecule has 0 aliphatic carbocycles. The number of nitrogens with one attached hydrogen (secondary N) is 1. The third-order valence-corrected chi connectivity index (χ3v) is 2.34. The second-order valence-corrected chi connectivity index (χ2v) is 3.67. The number of likely N-dealkylation sites (N-methyl/N-ethyl adjacent to an activating group) is 1. The second kappa shape index (κ2) is 5.61. The molecule has 0 heterocycles. The molecular formula is C12H19NO2. The average molecular weight is 209 g/mol. The van der Waals surface area contributed by atoms with Gasteiger partial charge in [0.2, 0.25) is 0 Å². The van der Waals surface area contributed by atoms with Crippen molar-refractivity contribution in [2.24, 2.45) is 0 Å². The van der Waals surface area contributed by atoms with Crippen LogP contribution in [0.4, 0.5) is 0 Å². The standard InChI is InChI=1S/C12H19NO2/c1-4-13-9(2)7-10-5-6-11(14)12(8-10)15-3/h5-6,8-9,13-14H,4,7H2,1-3H3/t9-/m0/s1. The summed E-state index contributed by atoms with van der Waals surface area (Å²) in [5.41, 5.74) is 1.16. The van der Waals surface area contributed by atoms with Gasteiger partial charge in [0.05, 0.1) is 7.11 Å². The van der Waals surface area contributed by atoms with Crippen LogP contribution in [0, 0.1) is 0 Å². The van der Waals surface area contributed by atoms with Crippen molar-refractivity contribution in [3.05, 3.63) is 23.8 Å². The molecule has 0 saturated heterocycles. The van der Waals surface area contributed by atoms with E-state index in [-0.39, 0.29) is 5.75 Å². The first kappa shape index (κ1) is 11.9. The fourth-order valence-corrected chi connectivity index (χ4v) is 1.62. The highest BCUT2D eigenvalue weighted by Crippen LogP contribution is 2.26. The van der Waals surface area contributed by atoms with Crippen molar-refractivity contribution in [1.29, 1.82) is 0 Å². The molecule has 0 spiro atoms. The van der Waals surface area contributed by atoms with Gasteiger partial charge in [-0.05, 0) is 37.6 Å². The highest BCUT2D eigenvalue weighted by Gasteiger charge is 2.05. The highest BCUT2D eigenvalue weighted by atomic mass is 16.5. The zero-order valence-electron chi connectivity index (χ0n) is 9.58. The summed E-state index contributed by atoms with van der Waals surface area (Å²) in [6, 6.07) is 5.91. The van der Waals surface area contributed by atoms with Gasteiger partial charge < -0.3 is 15.2 Å². The normalized spacial score (nSPS) is 12.5. The van der Waals surface area contributed by atoms with Crippen LogP contribution in [0.15, 0.2) is 18.2 Å². The van der Waals surface area contributed by atoms with Crippen LogP contribution >= 0.6 is 0 Å². The number of hydrogen-bond acceptors (Lipinski definition) is 3. The molecule has 0 aromatic heterocycles. The van der Waals surface area contributed by atoms with Crippen LogP contribution in [0.2, 0.25) is 0 Å². The molecule has 0 bridgehead atoms. The van der Waals surface area contributed by atoms with Crippen LogP contribution in [0.25, 0.3) is 0 Å². The first-order valence-corrected chi connectivity index (χ1v) is 5.26. The molecule has 15 heavy (non-hydrogen) atoms. The number of aromatic hydroxyl groups is 1. The van der Waals surface area contributed by atoms with E-state index in [4.69, 9.17) is 4.74 Å². The first-order valence-electron chi connectivity index (χ1n) is 5.26. The third-order valence-electron chi connectivity index (χ3n) is 2.34. The Labute approximate surface area is 91.1 Å². The maximum absolute atomic E-state index is 9.43. The van der Waals surface area contributed by atoms with Crippen LogP contribution in [0.1, 0.15) is 19.4 Å². The fourth-order valence-electron chi connectivity index (χ4n) is 1.62. The zero-order valence-corrected chi connectivity index (χ0v) is 9.58. The fraction of sp³-hybridized carbons (Fsp3) is 0.500. The van der Waals surface area contributed by atoms with Crippen molar-refractivity contribution in [1.82, 2.24) is 5.32 Å². The summed E-state index contributed by atoms with van der Waals surface area (Å²) in [7, 11) is 1.56. The molecule has 2 N–H and O–H groups in total. The van der Waals surface area contributed by atoms with E-state index in [1.807, 2.05) is 12.1 Å². The molecule has 0 amide bonds. The van der Waals surface area contributed by atoms with Gasteiger partial charge in [0.1, 0.15) is 0 Å². The van der Waals surface area contributed by atoms with Gasteiger partial charge >= 0.3 is 0 Å². The summed E-state index contributed by atoms with van der Waals surface area (Å²) in [4.78, 5) is 0. The Balaban J connectivity index is 2.69. The van der Waals surface area contributed by atoms with E-state index < -0.39 is 0 Å². The Morgan fingerprint density at radius 3 is 2.80 bits per heavy atom. The van der Waals surface area contributed by atoms with Crippen molar-refractivity contribution in [2.75, 3.05) is 13.7 Å². The van der Waals surface area contributed by atoms with Crippen molar-refractivity contribution in [3.63, 3.8) is 0 Å². The van der Waals surface area contributed by atoms with E-state index in [0.717, 1.165) is 18.5 Å². The van der Waals surface area contributed by atoms with Crippen molar-refractivity contribution < 1.29 is 9.84 Å². The number of rotatable bonds is 5. The average Bonchev–Trinajstić information content (AvgIpc) is 2.21. The van der Waals surface area contributed by atoms with Gasteiger partial charge in [-0.3, -0.25) is 0 Å². The molecule has 0 unspecified atom stereocenters. The molecular weight excluding hydrogens is 190 g/mol. The topological polar surface area (TPSA) is 41.5 Å². The van der Waals surface area contributed by atoms with Gasteiger partial charge in [-0.15, -0.1) is 0 Å². The molecule has 0 fully saturated rings. The van der Waals surface area contributed by atoms with Gasteiger partial charge in [-0.1, -0.05) is 13.0 Å². The lowest BCUT2D eigenvalue weighted by molar-refractivity contribution is 0.372. The Bertz CT molecular complexity index is 312. The largest absolute Gasteiger partial charge is 0.504 e. The SMILES string of the molecule is CCN[C@@H](C)Cc1ccc(O)c(OC)c1. The van der Waals surface area contributed by atoms with Crippen LogP contribution < -0.4 is 10.1 Å². The smallest absolute Gasteiger partial charge is 0.160 e. The van der Waals surface area contributed by atoms with Crippen LogP contribution in [0.3, 0.4) is 0 Å². The number of phenolic OH excluding ortho intramolecular Hbond substituents is 1. The molecule has 3 nitrogen and oxygen atoms in total. The lowest BCUT2D eigenvalue weighted by atomic mass is 10.1. The van der Waals surface area contributed by atoms with E-state index in [9.17, 15) is 5.11 Å². The van der Waals surface area contributed by atoms with Gasteiger partial charge in [0, 0.05) is 6.04 Å². The predicted molar refractivity (Wildman–Crippen MR) is 61.5 cm³/mol. The molecule has 3 heteroatoms. The Morgan fingerprint density at radius 1 is 1.47 bits per heavy atom. The monoisotopic (exact) mass is 209 g/mol. The molecule has 84 valence electrons. The summed E-state index contributed by atoms with van der Waals surface area (Å²) < 4.78 is 5.06. The minimum absolute atomic E-state index is 0.192. The zero-order chi connectivity index (χ0) is 11.3. The minimum Gasteiger partial charge on any atom is -0.504 e. The summed E-state index contributed by atoms with van der Waals surface area (Å²) in [5, 5.41) is 12.8. The van der Waals surface area contributed by atoms with E-state index in [0.29, 0.717) is 11.8 Å². The number of benzene rings is 1. The highest BCUT2D eigenvalue weighted by molar-refractivity contribution is 5.41. The number of hydrogen-bond donors (Lipinski definition) is 2. The number of methoxy groups -OCH3 is 1. The molecule has 1 rings (SSSR count). The van der Waals surface area contributed by atoms with Crippen LogP contribution in [-0.2, 0) is 6.42 Å². The maximum atomic E-state index is 9.43. The summed E-state index contributed by atoms with van der Waals surface area (Å²) in [6.45, 7) is 5.20. The lowest BCUT2D eigenvalue weighted by Gasteiger charge is -2.13. The van der Waals surface area contributed by atoms with Gasteiger partial charge in [-0.25, -0.2) is 0 Å². The van der Waals surface area contributed by atoms with E-state index in [2.05, 4.69) is 19.2 Å². The molecule has 0 aliphatic heterocycles. The van der Waals surface area contributed by atoms with E-state index in [1.165, 1.54) is 0 Å². The summed E-state index contributed by atoms with van der Waals surface area (Å²) in [5.74, 6) is 0.730. The molecule has 1 atom stereocenters. The van der Waals surface area contributed by atoms with Crippen LogP contribution in [-0.4, -0.2) is 24.8 Å². The first-order chi connectivity index (χ1) is 7.17. The van der Waals surface area contributed by atoms with Crippen LogP contribution in [0.5, 0.6) is 11.5 Å². The van der Waals surface area contributed by atoms with Crippen molar-refractivity contribution >= 4 is 0 Å². The van der Waals surface area contributed by atoms with Crippen molar-refractivity contribution in [3.8, 4) is 11.5 Å². The Hall–Kier alpha value is -1.22. The lowest BCUT2D eigenvalue weighted by Crippen LogP contribution is -2.27. The van der Waals surface area contributed by atoms with Gasteiger partial charge in [0.15, 0.2) is 11.5 Å². The third kappa shape index (κ3) is 3.44. The van der Waals surface area contributed by atoms with Crippen molar-refractivity contribution in [2.45, 2.75) is 26.3 Å². The predicted octanol–water partition coefficient (Wildman–Crippen LogP) is 1.94. The summed E-state index contributed by atoms with van der Waals surface area (Å²) in [6.07, 6.45) is 0.935. The minimum atomic E-state index is 0.192. The van der Waals surface area contributed by atoms with E-state index in [1.54, 1.807) is 13.2 Å². The van der Waals surface area contributed by atoms with E-state index >= 15 is 0 Å². The quantitative estimate of drug-likeness (QED) is 0.778. The number of phenols is 1. The molecule has 1 aromatic rings. The Morgan fingerprint density at radius 2 is 2.20 bits per heavy atom. The second-order valence-electron chi connectivity index (χ2n) is 3.67. The molecule has 0 aliphatic rings.